The first-order chi connectivity index (χ1) is 27.7. The third-order valence-electron chi connectivity index (χ3n) is 16.7. The van der Waals surface area contributed by atoms with Gasteiger partial charge in [0.1, 0.15) is 22.7 Å². The summed E-state index contributed by atoms with van der Waals surface area (Å²) in [5.41, 5.74) is 14.5. The van der Waals surface area contributed by atoms with Crippen LogP contribution in [-0.2, 0) is 16.2 Å². The lowest BCUT2D eigenvalue weighted by Crippen LogP contribution is -2.74. The number of anilines is 3. The SMILES string of the molecule is CC1(C)CCC(C)(C)c2cc(N(c3ccc(-c4ccc5c(c4)C4(c6ccccc6O5)C5CC6CC7CC4C75C6)cc3)c3cccc4oc5ccccc5c34)ccc21. The van der Waals surface area contributed by atoms with Crippen molar-refractivity contribution in [2.45, 2.75) is 82.5 Å². The van der Waals surface area contributed by atoms with Crippen LogP contribution in [0.1, 0.15) is 88.5 Å². The molecule has 4 fully saturated rings. The van der Waals surface area contributed by atoms with E-state index in [9.17, 15) is 0 Å². The molecule has 3 heteroatoms. The summed E-state index contributed by atoms with van der Waals surface area (Å²) in [6.07, 6.45) is 8.08. The fourth-order valence-corrected chi connectivity index (χ4v) is 14.1. The molecule has 282 valence electrons. The summed E-state index contributed by atoms with van der Waals surface area (Å²) in [4.78, 5) is 2.47. The summed E-state index contributed by atoms with van der Waals surface area (Å²) in [6, 6.07) is 47.6. The number of furan rings is 1. The van der Waals surface area contributed by atoms with E-state index in [-0.39, 0.29) is 16.2 Å². The van der Waals surface area contributed by atoms with Gasteiger partial charge in [-0.3, -0.25) is 0 Å². The minimum Gasteiger partial charge on any atom is -0.457 e. The van der Waals surface area contributed by atoms with Crippen molar-refractivity contribution in [2.24, 2.45) is 29.1 Å². The number of ether oxygens (including phenoxy) is 1. The monoisotopic (exact) mass is 743 g/mol. The highest BCUT2D eigenvalue weighted by molar-refractivity contribution is 6.13. The van der Waals surface area contributed by atoms with Gasteiger partial charge in [0.05, 0.1) is 11.1 Å². The van der Waals surface area contributed by atoms with Crippen LogP contribution in [-0.4, -0.2) is 0 Å². The third kappa shape index (κ3) is 4.04. The van der Waals surface area contributed by atoms with Crippen LogP contribution in [0.5, 0.6) is 11.5 Å². The predicted octanol–water partition coefficient (Wildman–Crippen LogP) is 14.5. The normalized spacial score (nSPS) is 28.8. The topological polar surface area (TPSA) is 25.6 Å². The summed E-state index contributed by atoms with van der Waals surface area (Å²) in [7, 11) is 0. The van der Waals surface area contributed by atoms with E-state index in [0.29, 0.717) is 5.41 Å². The van der Waals surface area contributed by atoms with Gasteiger partial charge < -0.3 is 14.1 Å². The fourth-order valence-electron chi connectivity index (χ4n) is 14.1. The van der Waals surface area contributed by atoms with Crippen molar-refractivity contribution in [3.05, 3.63) is 150 Å². The molecule has 0 N–H and O–H groups in total. The summed E-state index contributed by atoms with van der Waals surface area (Å²) in [6.45, 7) is 9.66. The van der Waals surface area contributed by atoms with E-state index in [1.807, 2.05) is 0 Å². The Morgan fingerprint density at radius 1 is 0.561 bits per heavy atom. The molecular weight excluding hydrogens is 695 g/mol. The Bertz CT molecular complexity index is 2840. The highest BCUT2D eigenvalue weighted by atomic mass is 16.5. The molecule has 5 aliphatic carbocycles. The van der Waals surface area contributed by atoms with Gasteiger partial charge in [-0.25, -0.2) is 0 Å². The summed E-state index contributed by atoms with van der Waals surface area (Å²) >= 11 is 0. The zero-order valence-corrected chi connectivity index (χ0v) is 33.4. The molecule has 57 heavy (non-hydrogen) atoms. The first kappa shape index (κ1) is 32.8. The lowest BCUT2D eigenvalue weighted by atomic mass is 9.26. The van der Waals surface area contributed by atoms with Crippen molar-refractivity contribution in [2.75, 3.05) is 4.90 Å². The van der Waals surface area contributed by atoms with Crippen molar-refractivity contribution in [1.82, 2.24) is 0 Å². The molecule has 7 aromatic rings. The number of hydrogen-bond acceptors (Lipinski definition) is 3. The van der Waals surface area contributed by atoms with Gasteiger partial charge in [0.25, 0.3) is 0 Å². The maximum atomic E-state index is 6.75. The van der Waals surface area contributed by atoms with Crippen LogP contribution in [0.4, 0.5) is 17.1 Å². The number of nitrogens with zero attached hydrogens (tertiary/aromatic N) is 1. The van der Waals surface area contributed by atoms with E-state index in [1.54, 1.807) is 0 Å². The molecule has 6 aliphatic rings. The average Bonchev–Trinajstić information content (AvgIpc) is 3.89. The second-order valence-electron chi connectivity index (χ2n) is 20.0. The zero-order chi connectivity index (χ0) is 38.1. The van der Waals surface area contributed by atoms with Gasteiger partial charge in [-0.2, -0.15) is 0 Å². The van der Waals surface area contributed by atoms with E-state index in [1.165, 1.54) is 77.6 Å². The first-order valence-corrected chi connectivity index (χ1v) is 21.5. The molecule has 2 bridgehead atoms. The highest BCUT2D eigenvalue weighted by Gasteiger charge is 2.84. The van der Waals surface area contributed by atoms with Crippen LogP contribution in [0, 0.1) is 29.1 Å². The summed E-state index contributed by atoms with van der Waals surface area (Å²) < 4.78 is 13.2. The maximum absolute atomic E-state index is 6.75. The Morgan fingerprint density at radius 2 is 1.28 bits per heavy atom. The van der Waals surface area contributed by atoms with Crippen molar-refractivity contribution in [1.29, 1.82) is 0 Å². The molecule has 13 rings (SSSR count). The quantitative estimate of drug-likeness (QED) is 0.180. The molecule has 0 amide bonds. The van der Waals surface area contributed by atoms with Gasteiger partial charge in [-0.15, -0.1) is 0 Å². The second-order valence-corrected chi connectivity index (χ2v) is 20.0. The molecular formula is C54H49NO2. The maximum Gasteiger partial charge on any atom is 0.137 e. The van der Waals surface area contributed by atoms with Gasteiger partial charge in [-0.1, -0.05) is 94.4 Å². The Hall–Kier alpha value is -5.28. The van der Waals surface area contributed by atoms with Crippen molar-refractivity contribution in [3.63, 3.8) is 0 Å². The molecule has 1 aliphatic heterocycles. The molecule has 2 heterocycles. The number of rotatable bonds is 4. The number of benzene rings is 6. The minimum absolute atomic E-state index is 0.0729. The van der Waals surface area contributed by atoms with Gasteiger partial charge in [-0.05, 0) is 161 Å². The van der Waals surface area contributed by atoms with E-state index in [0.717, 1.165) is 68.5 Å². The van der Waals surface area contributed by atoms with Crippen molar-refractivity contribution < 1.29 is 9.15 Å². The van der Waals surface area contributed by atoms with E-state index < -0.39 is 0 Å². The Morgan fingerprint density at radius 3 is 2.14 bits per heavy atom. The van der Waals surface area contributed by atoms with Crippen molar-refractivity contribution >= 4 is 39.0 Å². The first-order valence-electron chi connectivity index (χ1n) is 21.5. The van der Waals surface area contributed by atoms with Crippen LogP contribution in [0.15, 0.2) is 132 Å². The lowest BCUT2D eigenvalue weighted by Gasteiger charge is -2.77. The molecule has 0 saturated heterocycles. The van der Waals surface area contributed by atoms with Gasteiger partial charge in [0, 0.05) is 33.3 Å². The fraction of sp³-hybridized carbons (Fsp3) is 0.333. The van der Waals surface area contributed by atoms with Crippen LogP contribution in [0.3, 0.4) is 0 Å². The van der Waals surface area contributed by atoms with Gasteiger partial charge in [0.2, 0.25) is 0 Å². The second kappa shape index (κ2) is 10.8. The van der Waals surface area contributed by atoms with Crippen LogP contribution in [0.2, 0.25) is 0 Å². The van der Waals surface area contributed by atoms with E-state index in [4.69, 9.17) is 9.15 Å². The summed E-state index contributed by atoms with van der Waals surface area (Å²) in [5.74, 6) is 5.48. The number of fused-ring (bicyclic) bond motifs is 11. The van der Waals surface area contributed by atoms with E-state index in [2.05, 4.69) is 160 Å². The van der Waals surface area contributed by atoms with Crippen LogP contribution >= 0.6 is 0 Å². The smallest absolute Gasteiger partial charge is 0.137 e. The predicted molar refractivity (Wildman–Crippen MR) is 231 cm³/mol. The Labute approximate surface area is 335 Å². The average molecular weight is 744 g/mol. The largest absolute Gasteiger partial charge is 0.457 e. The molecule has 1 aromatic heterocycles. The molecule has 3 nitrogen and oxygen atoms in total. The summed E-state index contributed by atoms with van der Waals surface area (Å²) in [5, 5.41) is 2.29. The zero-order valence-electron chi connectivity index (χ0n) is 33.4. The molecule has 0 radical (unpaired) electrons. The molecule has 6 atom stereocenters. The lowest BCUT2D eigenvalue weighted by molar-refractivity contribution is -0.235. The molecule has 6 aromatic carbocycles. The Balaban J connectivity index is 0.952. The van der Waals surface area contributed by atoms with Crippen LogP contribution < -0.4 is 9.64 Å². The highest BCUT2D eigenvalue weighted by Crippen LogP contribution is 2.89. The van der Waals surface area contributed by atoms with E-state index >= 15 is 0 Å². The Kier molecular flexibility index (Phi) is 6.21. The number of para-hydroxylation sites is 2. The van der Waals surface area contributed by atoms with Crippen LogP contribution in [0.25, 0.3) is 33.1 Å². The number of hydrogen-bond donors (Lipinski definition) is 0. The third-order valence-corrected chi connectivity index (χ3v) is 16.7. The molecule has 2 spiro atoms. The van der Waals surface area contributed by atoms with Crippen molar-refractivity contribution in [3.8, 4) is 22.6 Å². The standard InChI is InChI=1S/C54H49NO2/c1-51(2)24-25-52(3,4)41-30-37(21-22-39(41)51)55(43-12-9-15-47-50(43)38-10-5-7-13-44(38)56-47)36-19-16-33(17-20-36)34-18-23-46-42(28-34)54(40-11-6-8-14-45(40)57-46)48-27-32-26-35-29-49(54)53(35,48)31-32/h5-23,28,30,32,35,48-49H,24-27,29,31H2,1-4H3. The molecule has 6 unspecified atom stereocenters. The molecule has 4 saturated carbocycles. The van der Waals surface area contributed by atoms with Gasteiger partial charge in [0.15, 0.2) is 0 Å². The minimum atomic E-state index is 0.0729. The van der Waals surface area contributed by atoms with Gasteiger partial charge >= 0.3 is 0 Å².